The van der Waals surface area contributed by atoms with Crippen molar-refractivity contribution in [3.63, 3.8) is 0 Å². The molecule has 0 aliphatic heterocycles. The van der Waals surface area contributed by atoms with E-state index in [0.29, 0.717) is 0 Å². The van der Waals surface area contributed by atoms with Crippen LogP contribution in [0.15, 0.2) is 27.1 Å². The zero-order valence-corrected chi connectivity index (χ0v) is 14.7. The number of rotatable bonds is 5. The second-order valence-electron chi connectivity index (χ2n) is 3.70. The number of hydrogen-bond acceptors (Lipinski definition) is 4. The average molecular weight is 431 g/mol. The maximum absolute atomic E-state index is 11.6. The standard InChI is InChI=1S/C12H14Br2N2O3.ClH/c1-2-19-12(18)10(15)11(17)16-6-7-3-4-8(13)9(14)5-7;/h3-5,10H,2,6,15H2,1H3,(H,16,17);1H. The quantitative estimate of drug-likeness (QED) is 0.554. The molecule has 1 aromatic rings. The number of amides is 1. The summed E-state index contributed by atoms with van der Waals surface area (Å²) in [6.07, 6.45) is 0. The van der Waals surface area contributed by atoms with Crippen molar-refractivity contribution in [3.05, 3.63) is 32.7 Å². The third-order valence-corrected chi connectivity index (χ3v) is 4.15. The highest BCUT2D eigenvalue weighted by atomic mass is 79.9. The van der Waals surface area contributed by atoms with E-state index in [1.807, 2.05) is 18.2 Å². The number of ether oxygens (including phenoxy) is 1. The molecule has 0 aliphatic carbocycles. The third-order valence-electron chi connectivity index (χ3n) is 2.27. The second kappa shape index (κ2) is 9.33. The fourth-order valence-electron chi connectivity index (χ4n) is 1.29. The molecule has 0 saturated carbocycles. The smallest absolute Gasteiger partial charge is 0.332 e. The van der Waals surface area contributed by atoms with Gasteiger partial charge >= 0.3 is 5.97 Å². The van der Waals surface area contributed by atoms with Gasteiger partial charge in [-0.1, -0.05) is 6.07 Å². The zero-order chi connectivity index (χ0) is 14.4. The molecule has 0 radical (unpaired) electrons. The molecule has 0 fully saturated rings. The Morgan fingerprint density at radius 3 is 2.55 bits per heavy atom. The molecule has 1 amide bonds. The molecule has 0 spiro atoms. The van der Waals surface area contributed by atoms with Crippen LogP contribution in [0, 0.1) is 0 Å². The van der Waals surface area contributed by atoms with Crippen molar-refractivity contribution in [1.29, 1.82) is 0 Å². The lowest BCUT2D eigenvalue weighted by Crippen LogP contribution is -2.46. The summed E-state index contributed by atoms with van der Waals surface area (Å²) in [6.45, 7) is 2.14. The van der Waals surface area contributed by atoms with Crippen molar-refractivity contribution in [2.75, 3.05) is 6.61 Å². The lowest BCUT2D eigenvalue weighted by molar-refractivity contribution is -0.148. The van der Waals surface area contributed by atoms with Crippen molar-refractivity contribution in [2.24, 2.45) is 5.73 Å². The number of carbonyl (C=O) groups is 2. The van der Waals surface area contributed by atoms with Gasteiger partial charge < -0.3 is 15.8 Å². The molecule has 0 bridgehead atoms. The molecule has 0 saturated heterocycles. The average Bonchev–Trinajstić information content (AvgIpc) is 2.39. The van der Waals surface area contributed by atoms with Gasteiger partial charge in [-0.25, -0.2) is 4.79 Å². The molecule has 0 heterocycles. The lowest BCUT2D eigenvalue weighted by Gasteiger charge is -2.11. The Hall–Kier alpha value is -0.630. The first-order chi connectivity index (χ1) is 8.95. The summed E-state index contributed by atoms with van der Waals surface area (Å²) in [5.74, 6) is -1.28. The predicted octanol–water partition coefficient (Wildman–Crippen LogP) is 2.14. The summed E-state index contributed by atoms with van der Waals surface area (Å²) in [7, 11) is 0. The van der Waals surface area contributed by atoms with E-state index in [4.69, 9.17) is 5.73 Å². The van der Waals surface area contributed by atoms with Gasteiger partial charge in [0.05, 0.1) is 6.61 Å². The van der Waals surface area contributed by atoms with Gasteiger partial charge in [-0.15, -0.1) is 12.4 Å². The highest BCUT2D eigenvalue weighted by molar-refractivity contribution is 9.13. The van der Waals surface area contributed by atoms with E-state index in [0.717, 1.165) is 14.5 Å². The van der Waals surface area contributed by atoms with E-state index in [1.165, 1.54) is 0 Å². The minimum Gasteiger partial charge on any atom is -0.464 e. The molecule has 112 valence electrons. The van der Waals surface area contributed by atoms with Crippen LogP contribution < -0.4 is 11.1 Å². The van der Waals surface area contributed by atoms with E-state index in [1.54, 1.807) is 6.92 Å². The Bertz CT molecular complexity index is 486. The molecular formula is C12H15Br2ClN2O3. The van der Waals surface area contributed by atoms with Crippen molar-refractivity contribution in [3.8, 4) is 0 Å². The summed E-state index contributed by atoms with van der Waals surface area (Å²) in [4.78, 5) is 22.9. The monoisotopic (exact) mass is 428 g/mol. The number of carbonyl (C=O) groups excluding carboxylic acids is 2. The van der Waals surface area contributed by atoms with Crippen LogP contribution in [0.2, 0.25) is 0 Å². The largest absolute Gasteiger partial charge is 0.464 e. The van der Waals surface area contributed by atoms with Crippen LogP contribution in [0.4, 0.5) is 0 Å². The van der Waals surface area contributed by atoms with Crippen LogP contribution in [0.3, 0.4) is 0 Å². The van der Waals surface area contributed by atoms with Crippen LogP contribution >= 0.6 is 44.3 Å². The van der Waals surface area contributed by atoms with Crippen molar-refractivity contribution < 1.29 is 14.3 Å². The highest BCUT2D eigenvalue weighted by Crippen LogP contribution is 2.23. The fraction of sp³-hybridized carbons (Fsp3) is 0.333. The van der Waals surface area contributed by atoms with Gasteiger partial charge in [0.2, 0.25) is 5.91 Å². The van der Waals surface area contributed by atoms with Gasteiger partial charge in [0.15, 0.2) is 6.04 Å². The SMILES string of the molecule is CCOC(=O)C(N)C(=O)NCc1ccc(Br)c(Br)c1.Cl. The van der Waals surface area contributed by atoms with Crippen LogP contribution in [0.25, 0.3) is 0 Å². The third kappa shape index (κ3) is 5.78. The van der Waals surface area contributed by atoms with Gasteiger partial charge in [0.25, 0.3) is 0 Å². The Kier molecular flexibility index (Phi) is 9.04. The summed E-state index contributed by atoms with van der Waals surface area (Å²) in [5, 5.41) is 2.58. The molecule has 5 nitrogen and oxygen atoms in total. The Balaban J connectivity index is 0.00000361. The Labute approximate surface area is 140 Å². The maximum atomic E-state index is 11.6. The van der Waals surface area contributed by atoms with E-state index in [9.17, 15) is 9.59 Å². The van der Waals surface area contributed by atoms with Crippen molar-refractivity contribution >= 4 is 56.1 Å². The summed E-state index contributed by atoms with van der Waals surface area (Å²) < 4.78 is 6.48. The minimum atomic E-state index is -1.29. The Morgan fingerprint density at radius 2 is 2.00 bits per heavy atom. The zero-order valence-electron chi connectivity index (χ0n) is 10.7. The molecule has 1 atom stereocenters. The van der Waals surface area contributed by atoms with Crippen molar-refractivity contribution in [2.45, 2.75) is 19.5 Å². The molecule has 1 aromatic carbocycles. The molecule has 1 unspecified atom stereocenters. The van der Waals surface area contributed by atoms with E-state index in [2.05, 4.69) is 41.9 Å². The maximum Gasteiger partial charge on any atom is 0.332 e. The second-order valence-corrected chi connectivity index (χ2v) is 5.40. The molecule has 0 aromatic heterocycles. The van der Waals surface area contributed by atoms with E-state index >= 15 is 0 Å². The van der Waals surface area contributed by atoms with E-state index in [-0.39, 0.29) is 25.6 Å². The summed E-state index contributed by atoms with van der Waals surface area (Å²) >= 11 is 6.72. The topological polar surface area (TPSA) is 81.4 Å². The van der Waals surface area contributed by atoms with Crippen LogP contribution in [-0.4, -0.2) is 24.5 Å². The molecule has 3 N–H and O–H groups in total. The van der Waals surface area contributed by atoms with Crippen LogP contribution in [-0.2, 0) is 20.9 Å². The predicted molar refractivity (Wildman–Crippen MR) is 85.5 cm³/mol. The van der Waals surface area contributed by atoms with Crippen LogP contribution in [0.5, 0.6) is 0 Å². The van der Waals surface area contributed by atoms with Gasteiger partial charge in [0.1, 0.15) is 0 Å². The number of hydrogen-bond donors (Lipinski definition) is 2. The van der Waals surface area contributed by atoms with Gasteiger partial charge in [-0.3, -0.25) is 4.79 Å². The number of benzene rings is 1. The van der Waals surface area contributed by atoms with Gasteiger partial charge in [0, 0.05) is 15.5 Å². The molecule has 0 aliphatic rings. The first kappa shape index (κ1) is 19.4. The van der Waals surface area contributed by atoms with E-state index < -0.39 is 17.9 Å². The normalized spacial score (nSPS) is 11.2. The summed E-state index contributed by atoms with van der Waals surface area (Å²) in [5.41, 5.74) is 6.35. The van der Waals surface area contributed by atoms with Crippen LogP contribution in [0.1, 0.15) is 12.5 Å². The minimum absolute atomic E-state index is 0. The fourth-order valence-corrected chi connectivity index (χ4v) is 1.96. The lowest BCUT2D eigenvalue weighted by atomic mass is 10.2. The number of nitrogens with two attached hydrogens (primary N) is 1. The Morgan fingerprint density at radius 1 is 1.35 bits per heavy atom. The first-order valence-corrected chi connectivity index (χ1v) is 7.18. The van der Waals surface area contributed by atoms with Crippen molar-refractivity contribution in [1.82, 2.24) is 5.32 Å². The summed E-state index contributed by atoms with van der Waals surface area (Å²) in [6, 6.07) is 4.28. The molecule has 8 heteroatoms. The number of esters is 1. The molecular weight excluding hydrogens is 415 g/mol. The molecule has 1 rings (SSSR count). The number of halogens is 3. The van der Waals surface area contributed by atoms with Gasteiger partial charge in [-0.05, 0) is 56.5 Å². The first-order valence-electron chi connectivity index (χ1n) is 5.59. The highest BCUT2D eigenvalue weighted by Gasteiger charge is 2.22. The van der Waals surface area contributed by atoms with Gasteiger partial charge in [-0.2, -0.15) is 0 Å². The number of nitrogens with one attached hydrogen (secondary N) is 1. The molecule has 20 heavy (non-hydrogen) atoms.